The van der Waals surface area contributed by atoms with Crippen LogP contribution in [0.15, 0.2) is 42.7 Å². The number of nitrogens with zero attached hydrogens (tertiary/aromatic N) is 5. The van der Waals surface area contributed by atoms with Gasteiger partial charge in [-0.3, -0.25) is 9.59 Å². The summed E-state index contributed by atoms with van der Waals surface area (Å²) in [7, 11) is 0. The maximum absolute atomic E-state index is 13.3. The van der Waals surface area contributed by atoms with Crippen molar-refractivity contribution in [2.24, 2.45) is 0 Å². The van der Waals surface area contributed by atoms with Crippen LogP contribution in [0.2, 0.25) is 5.02 Å². The highest BCUT2D eigenvalue weighted by atomic mass is 35.5. The molecular formula is C30H26ClF3N6O3. The first kappa shape index (κ1) is 30.0. The smallest absolute Gasteiger partial charge is 0.384 e. The minimum absolute atomic E-state index is 0.0990. The molecule has 3 N–H and O–H groups in total. The van der Waals surface area contributed by atoms with E-state index in [1.807, 2.05) is 6.92 Å². The molecule has 43 heavy (non-hydrogen) atoms. The molecule has 1 saturated heterocycles. The van der Waals surface area contributed by atoms with Crippen LogP contribution in [0.3, 0.4) is 0 Å². The first-order valence-electron chi connectivity index (χ1n) is 13.3. The Morgan fingerprint density at radius 1 is 1.19 bits per heavy atom. The van der Waals surface area contributed by atoms with Crippen LogP contribution in [0, 0.1) is 18.8 Å². The molecule has 4 aromatic rings. The van der Waals surface area contributed by atoms with Gasteiger partial charge in [-0.1, -0.05) is 29.7 Å². The van der Waals surface area contributed by atoms with Crippen molar-refractivity contribution in [3.63, 3.8) is 0 Å². The van der Waals surface area contributed by atoms with E-state index in [1.165, 1.54) is 19.3 Å². The number of likely N-dealkylation sites (tertiary alicyclic amines) is 1. The Morgan fingerprint density at radius 3 is 2.67 bits per heavy atom. The Bertz CT molecular complexity index is 1810. The average molecular weight is 611 g/mol. The van der Waals surface area contributed by atoms with Crippen LogP contribution in [-0.4, -0.2) is 60.6 Å². The number of hydrogen-bond donors (Lipinski definition) is 2. The van der Waals surface area contributed by atoms with Crippen LogP contribution in [0.5, 0.6) is 0 Å². The van der Waals surface area contributed by atoms with E-state index in [9.17, 15) is 27.9 Å². The number of amides is 1. The van der Waals surface area contributed by atoms with Crippen molar-refractivity contribution in [1.82, 2.24) is 24.6 Å². The summed E-state index contributed by atoms with van der Waals surface area (Å²) in [4.78, 5) is 35.2. The predicted molar refractivity (Wildman–Crippen MR) is 153 cm³/mol. The number of rotatable bonds is 5. The second-order valence-corrected chi connectivity index (χ2v) is 10.8. The van der Waals surface area contributed by atoms with Crippen molar-refractivity contribution < 1.29 is 27.9 Å². The van der Waals surface area contributed by atoms with Crippen LogP contribution in [0.4, 0.5) is 19.0 Å². The molecule has 2 aromatic carbocycles. The minimum Gasteiger partial charge on any atom is -0.384 e. The largest absolute Gasteiger partial charge is 0.417 e. The first-order chi connectivity index (χ1) is 20.3. The summed E-state index contributed by atoms with van der Waals surface area (Å²) in [6.07, 6.45) is -4.01. The van der Waals surface area contributed by atoms with Crippen LogP contribution in [-0.2, 0) is 17.4 Å². The molecule has 2 atom stereocenters. The Morgan fingerprint density at radius 2 is 1.95 bits per heavy atom. The summed E-state index contributed by atoms with van der Waals surface area (Å²) in [5.41, 5.74) is 7.77. The standard InChI is InChI=1S/C30H26ClF3N6O3/c1-16-3-4-18(12-25(42)20-5-7-23(31)22(13-20)30(32,33)34)11-19(16)6-8-24-26-27(35)36-15-37-28(26)40(38-24)21-9-10-39(14-21)29(43)17(2)41/h3-5,7,11,13,15,17,21,41H,9-10,12,14H2,1-2H3,(H2,35,36,37)/t17-,21+/m0/s1. The van der Waals surface area contributed by atoms with Gasteiger partial charge in [0.15, 0.2) is 11.4 Å². The van der Waals surface area contributed by atoms with Crippen molar-refractivity contribution in [1.29, 1.82) is 0 Å². The summed E-state index contributed by atoms with van der Waals surface area (Å²) in [6.45, 7) is 4.06. The number of alkyl halides is 3. The second-order valence-electron chi connectivity index (χ2n) is 10.3. The molecule has 3 heterocycles. The third kappa shape index (κ3) is 6.18. The van der Waals surface area contributed by atoms with Gasteiger partial charge < -0.3 is 15.7 Å². The number of carbonyl (C=O) groups is 2. The first-order valence-corrected chi connectivity index (χ1v) is 13.7. The maximum Gasteiger partial charge on any atom is 0.417 e. The number of Topliss-reactive ketones (excluding diaryl/α,β-unsaturated/α-hetero) is 1. The number of ketones is 1. The number of hydrogen-bond acceptors (Lipinski definition) is 7. The lowest BCUT2D eigenvalue weighted by molar-refractivity contribution is -0.138. The van der Waals surface area contributed by atoms with Crippen molar-refractivity contribution >= 4 is 40.1 Å². The fourth-order valence-corrected chi connectivity index (χ4v) is 5.21. The van der Waals surface area contributed by atoms with Crippen molar-refractivity contribution in [3.05, 3.63) is 81.3 Å². The molecule has 1 aliphatic heterocycles. The molecule has 0 spiro atoms. The van der Waals surface area contributed by atoms with Crippen LogP contribution in [0.25, 0.3) is 11.0 Å². The monoisotopic (exact) mass is 610 g/mol. The molecule has 0 bridgehead atoms. The van der Waals surface area contributed by atoms with Crippen LogP contribution < -0.4 is 5.73 Å². The van der Waals surface area contributed by atoms with Gasteiger partial charge in [0.2, 0.25) is 0 Å². The van der Waals surface area contributed by atoms with E-state index >= 15 is 0 Å². The zero-order chi connectivity index (χ0) is 31.1. The highest BCUT2D eigenvalue weighted by Crippen LogP contribution is 2.35. The molecule has 1 fully saturated rings. The van der Waals surface area contributed by atoms with Gasteiger partial charge in [0.05, 0.1) is 22.0 Å². The van der Waals surface area contributed by atoms with E-state index < -0.39 is 28.6 Å². The highest BCUT2D eigenvalue weighted by molar-refractivity contribution is 6.31. The van der Waals surface area contributed by atoms with Gasteiger partial charge >= 0.3 is 6.18 Å². The fraction of sp³-hybridized carbons (Fsp3) is 0.300. The van der Waals surface area contributed by atoms with Gasteiger partial charge in [-0.05, 0) is 61.6 Å². The van der Waals surface area contributed by atoms with Crippen LogP contribution >= 0.6 is 11.6 Å². The summed E-state index contributed by atoms with van der Waals surface area (Å²) < 4.78 is 41.5. The molecule has 0 aliphatic carbocycles. The lowest BCUT2D eigenvalue weighted by Gasteiger charge is -2.18. The lowest BCUT2D eigenvalue weighted by Crippen LogP contribution is -2.36. The van der Waals surface area contributed by atoms with E-state index in [4.69, 9.17) is 17.3 Å². The number of nitrogens with two attached hydrogens (primary N) is 1. The third-order valence-electron chi connectivity index (χ3n) is 7.27. The normalized spacial score (nSPS) is 15.8. The van der Waals surface area contributed by atoms with E-state index in [2.05, 4.69) is 26.9 Å². The number of aryl methyl sites for hydroxylation is 1. The third-order valence-corrected chi connectivity index (χ3v) is 7.60. The van der Waals surface area contributed by atoms with E-state index in [0.29, 0.717) is 47.4 Å². The van der Waals surface area contributed by atoms with Gasteiger partial charge in [0, 0.05) is 30.6 Å². The van der Waals surface area contributed by atoms with E-state index in [-0.39, 0.29) is 29.8 Å². The molecule has 1 aliphatic rings. The second kappa shape index (κ2) is 11.7. The highest BCUT2D eigenvalue weighted by Gasteiger charge is 2.34. The molecule has 13 heteroatoms. The molecule has 9 nitrogen and oxygen atoms in total. The Hall–Kier alpha value is -4.47. The Balaban J connectivity index is 1.43. The van der Waals surface area contributed by atoms with E-state index in [0.717, 1.165) is 17.7 Å². The van der Waals surface area contributed by atoms with Gasteiger partial charge in [0.25, 0.3) is 5.91 Å². The lowest BCUT2D eigenvalue weighted by atomic mass is 9.98. The fourth-order valence-electron chi connectivity index (χ4n) is 4.99. The van der Waals surface area contributed by atoms with Crippen LogP contribution in [0.1, 0.15) is 57.7 Å². The maximum atomic E-state index is 13.3. The molecule has 0 radical (unpaired) electrons. The van der Waals surface area contributed by atoms with Gasteiger partial charge in [-0.25, -0.2) is 14.6 Å². The Labute approximate surface area is 249 Å². The number of halogens is 4. The topological polar surface area (TPSA) is 127 Å². The summed E-state index contributed by atoms with van der Waals surface area (Å²) >= 11 is 5.69. The Kier molecular flexibility index (Phi) is 8.14. The van der Waals surface area contributed by atoms with Crippen molar-refractivity contribution in [2.45, 2.75) is 45.0 Å². The molecule has 2 aromatic heterocycles. The number of benzene rings is 2. The molecule has 222 valence electrons. The summed E-state index contributed by atoms with van der Waals surface area (Å²) in [5, 5.41) is 14.3. The molecular weight excluding hydrogens is 585 g/mol. The number of aromatic nitrogens is 4. The zero-order valence-electron chi connectivity index (χ0n) is 23.1. The number of carbonyl (C=O) groups excluding carboxylic acids is 2. The molecule has 0 unspecified atom stereocenters. The number of fused-ring (bicyclic) bond motifs is 1. The minimum atomic E-state index is -4.68. The number of aliphatic hydroxyl groups excluding tert-OH is 1. The number of nitrogen functional groups attached to an aromatic ring is 1. The van der Waals surface area contributed by atoms with Crippen molar-refractivity contribution in [3.8, 4) is 11.8 Å². The average Bonchev–Trinajstić information content (AvgIpc) is 3.58. The van der Waals surface area contributed by atoms with Gasteiger partial charge in [-0.15, -0.1) is 0 Å². The van der Waals surface area contributed by atoms with Gasteiger partial charge in [0.1, 0.15) is 23.9 Å². The summed E-state index contributed by atoms with van der Waals surface area (Å²) in [5.74, 6) is 5.43. The molecule has 0 saturated carbocycles. The van der Waals surface area contributed by atoms with Crippen molar-refractivity contribution in [2.75, 3.05) is 18.8 Å². The molecule has 1 amide bonds. The SMILES string of the molecule is Cc1ccc(CC(=O)c2ccc(Cl)c(C(F)(F)F)c2)cc1C#Cc1nn([C@@H]2CCN(C(=O)[C@H](C)O)C2)c2ncnc(N)c12. The summed E-state index contributed by atoms with van der Waals surface area (Å²) in [6, 6.07) is 8.08. The van der Waals surface area contributed by atoms with E-state index in [1.54, 1.807) is 27.8 Å². The molecule has 5 rings (SSSR count). The number of aliphatic hydroxyl groups is 1. The quantitative estimate of drug-likeness (QED) is 0.254. The zero-order valence-corrected chi connectivity index (χ0v) is 23.9. The van der Waals surface area contributed by atoms with Gasteiger partial charge in [-0.2, -0.15) is 18.3 Å². The number of anilines is 1. The predicted octanol–water partition coefficient (Wildman–Crippen LogP) is 4.37.